The molecule has 1 aliphatic heterocycles. The van der Waals surface area contributed by atoms with Crippen LogP contribution in [0, 0.1) is 6.92 Å². The Kier molecular flexibility index (Phi) is 5.51. The summed E-state index contributed by atoms with van der Waals surface area (Å²) in [6.45, 7) is 9.26. The van der Waals surface area contributed by atoms with Crippen LogP contribution in [0.25, 0.3) is 10.4 Å². The third-order valence-corrected chi connectivity index (χ3v) is 6.56. The molecule has 2 N–H and O–H groups in total. The predicted molar refractivity (Wildman–Crippen MR) is 118 cm³/mol. The first-order valence-electron chi connectivity index (χ1n) is 10.1. The average molecular weight is 464 g/mol. The van der Waals surface area contributed by atoms with Crippen molar-refractivity contribution in [3.63, 3.8) is 0 Å². The minimum atomic E-state index is -4.54. The maximum absolute atomic E-state index is 12.9. The summed E-state index contributed by atoms with van der Waals surface area (Å²) in [5.41, 5.74) is 0.331. The number of nitrogens with one attached hydrogen (secondary N) is 1. The fourth-order valence-electron chi connectivity index (χ4n) is 3.52. The topological polar surface area (TPSA) is 74.2 Å². The largest absolute Gasteiger partial charge is 0.433 e. The van der Waals surface area contributed by atoms with E-state index in [0.29, 0.717) is 23.8 Å². The van der Waals surface area contributed by atoms with Gasteiger partial charge in [-0.2, -0.15) is 13.2 Å². The van der Waals surface area contributed by atoms with E-state index in [1.807, 2.05) is 13.0 Å². The lowest BCUT2D eigenvalue weighted by atomic mass is 9.89. The Bertz CT molecular complexity index is 1130. The van der Waals surface area contributed by atoms with Gasteiger partial charge in [-0.15, -0.1) is 11.3 Å². The molecule has 0 radical (unpaired) electrons. The van der Waals surface area contributed by atoms with Crippen LogP contribution in [-0.4, -0.2) is 43.6 Å². The van der Waals surface area contributed by atoms with Gasteiger partial charge in [0.2, 0.25) is 5.95 Å². The van der Waals surface area contributed by atoms with Crippen molar-refractivity contribution in [2.75, 3.05) is 18.4 Å². The zero-order valence-electron chi connectivity index (χ0n) is 18.2. The second-order valence-corrected chi connectivity index (χ2v) is 10.1. The Morgan fingerprint density at radius 3 is 2.50 bits per heavy atom. The molecule has 1 saturated heterocycles. The van der Waals surface area contributed by atoms with Crippen molar-refractivity contribution in [3.05, 3.63) is 52.9 Å². The second kappa shape index (κ2) is 7.79. The molecule has 10 heteroatoms. The molecule has 170 valence electrons. The highest BCUT2D eigenvalue weighted by Crippen LogP contribution is 2.40. The smallest absolute Gasteiger partial charge is 0.380 e. The fourth-order valence-corrected chi connectivity index (χ4v) is 4.49. The highest BCUT2D eigenvalue weighted by atomic mass is 32.1. The molecular weight excluding hydrogens is 439 g/mol. The Morgan fingerprint density at radius 1 is 1.12 bits per heavy atom. The maximum Gasteiger partial charge on any atom is 0.433 e. The van der Waals surface area contributed by atoms with E-state index in [-0.39, 0.29) is 11.5 Å². The Morgan fingerprint density at radius 2 is 1.84 bits per heavy atom. The standard InChI is InChI=1S/C22H24F3N5OS/c1-13-7-14(9-15(8-13)28-19-26-6-5-17(29-19)22(23,24)25)16-10-27-18(32-16)21(31)11-30(12-21)20(2,3)4/h5-10,31H,11-12H2,1-4H3,(H,26,28,29). The number of halogens is 3. The molecule has 0 bridgehead atoms. The first-order chi connectivity index (χ1) is 14.8. The number of anilines is 2. The maximum atomic E-state index is 12.9. The number of aromatic nitrogens is 3. The molecular formula is C22H24F3N5OS. The quantitative estimate of drug-likeness (QED) is 0.569. The number of thiazole rings is 1. The molecule has 1 aliphatic rings. The number of likely N-dealkylation sites (tertiary alicyclic amines) is 1. The first kappa shape index (κ1) is 22.6. The van der Waals surface area contributed by atoms with Crippen LogP contribution >= 0.6 is 11.3 Å². The number of aryl methyl sites for hydroxylation is 1. The van der Waals surface area contributed by atoms with Gasteiger partial charge >= 0.3 is 6.18 Å². The lowest BCUT2D eigenvalue weighted by Crippen LogP contribution is -2.64. The van der Waals surface area contributed by atoms with E-state index in [4.69, 9.17) is 0 Å². The van der Waals surface area contributed by atoms with Crippen LogP contribution in [0.4, 0.5) is 24.8 Å². The monoisotopic (exact) mass is 463 g/mol. The third kappa shape index (κ3) is 4.62. The van der Waals surface area contributed by atoms with Crippen LogP contribution in [-0.2, 0) is 11.8 Å². The van der Waals surface area contributed by atoms with Crippen molar-refractivity contribution >= 4 is 23.0 Å². The number of hydrogen-bond acceptors (Lipinski definition) is 7. The SMILES string of the molecule is Cc1cc(Nc2nccc(C(F)(F)F)n2)cc(-c2cnc(C3(O)CN(C(C)(C)C)C3)s2)c1. The van der Waals surface area contributed by atoms with E-state index < -0.39 is 17.5 Å². The molecule has 3 aromatic rings. The summed E-state index contributed by atoms with van der Waals surface area (Å²) in [4.78, 5) is 15.0. The van der Waals surface area contributed by atoms with Crippen LogP contribution in [0.15, 0.2) is 36.7 Å². The Balaban J connectivity index is 1.56. The summed E-state index contributed by atoms with van der Waals surface area (Å²) in [6, 6.07) is 6.40. The van der Waals surface area contributed by atoms with Crippen LogP contribution in [0.1, 0.15) is 37.0 Å². The molecule has 32 heavy (non-hydrogen) atoms. The zero-order chi connectivity index (χ0) is 23.3. The number of β-amino-alcohol motifs (C(OH)–C–C–N with tert-alkyl or cyclic N) is 1. The van der Waals surface area contributed by atoms with Gasteiger partial charge < -0.3 is 10.4 Å². The van der Waals surface area contributed by atoms with Gasteiger partial charge in [-0.1, -0.05) is 6.07 Å². The minimum absolute atomic E-state index is 0.0189. The molecule has 1 aromatic carbocycles. The predicted octanol–water partition coefficient (Wildman–Crippen LogP) is 4.97. The molecule has 0 unspecified atom stereocenters. The summed E-state index contributed by atoms with van der Waals surface area (Å²) in [7, 11) is 0. The zero-order valence-corrected chi connectivity index (χ0v) is 19.0. The van der Waals surface area contributed by atoms with Gasteiger partial charge in [0.1, 0.15) is 16.3 Å². The number of nitrogens with zero attached hydrogens (tertiary/aromatic N) is 4. The van der Waals surface area contributed by atoms with Gasteiger partial charge in [0.25, 0.3) is 0 Å². The third-order valence-electron chi connectivity index (χ3n) is 5.32. The van der Waals surface area contributed by atoms with Crippen LogP contribution in [0.3, 0.4) is 0 Å². The van der Waals surface area contributed by atoms with Crippen molar-refractivity contribution in [3.8, 4) is 10.4 Å². The van der Waals surface area contributed by atoms with E-state index >= 15 is 0 Å². The van der Waals surface area contributed by atoms with Gasteiger partial charge in [-0.25, -0.2) is 15.0 Å². The Labute approximate surface area is 188 Å². The molecule has 0 spiro atoms. The van der Waals surface area contributed by atoms with Gasteiger partial charge in [0.05, 0.1) is 4.88 Å². The molecule has 0 atom stereocenters. The molecule has 1 fully saturated rings. The van der Waals surface area contributed by atoms with Gasteiger partial charge in [-0.3, -0.25) is 4.90 Å². The van der Waals surface area contributed by atoms with E-state index in [9.17, 15) is 18.3 Å². The molecule has 0 amide bonds. The number of aliphatic hydroxyl groups is 1. The fraction of sp³-hybridized carbons (Fsp3) is 0.409. The van der Waals surface area contributed by atoms with Crippen LogP contribution < -0.4 is 5.32 Å². The summed E-state index contributed by atoms with van der Waals surface area (Å²) in [5, 5.41) is 14.5. The number of benzene rings is 1. The highest BCUT2D eigenvalue weighted by molar-refractivity contribution is 7.15. The average Bonchev–Trinajstić information content (AvgIpc) is 3.14. The van der Waals surface area contributed by atoms with Crippen molar-refractivity contribution in [1.29, 1.82) is 0 Å². The summed E-state index contributed by atoms with van der Waals surface area (Å²) < 4.78 is 38.8. The normalized spacial score (nSPS) is 16.6. The summed E-state index contributed by atoms with van der Waals surface area (Å²) >= 11 is 1.42. The van der Waals surface area contributed by atoms with E-state index in [0.717, 1.165) is 28.3 Å². The first-order valence-corrected chi connectivity index (χ1v) is 10.9. The summed E-state index contributed by atoms with van der Waals surface area (Å²) in [5.74, 6) is -0.132. The molecule has 3 heterocycles. The summed E-state index contributed by atoms with van der Waals surface area (Å²) in [6.07, 6.45) is -1.75. The lowest BCUT2D eigenvalue weighted by molar-refractivity contribution is -0.141. The Hall–Kier alpha value is -2.56. The van der Waals surface area contributed by atoms with Crippen molar-refractivity contribution in [1.82, 2.24) is 19.9 Å². The van der Waals surface area contributed by atoms with Crippen molar-refractivity contribution in [2.24, 2.45) is 0 Å². The molecule has 0 aliphatic carbocycles. The molecule has 4 rings (SSSR count). The van der Waals surface area contributed by atoms with Gasteiger partial charge in [-0.05, 0) is 57.0 Å². The molecule has 0 saturated carbocycles. The van der Waals surface area contributed by atoms with Gasteiger partial charge in [0, 0.05) is 36.7 Å². The number of alkyl halides is 3. The highest BCUT2D eigenvalue weighted by Gasteiger charge is 2.48. The second-order valence-electron chi connectivity index (χ2n) is 9.06. The van der Waals surface area contributed by atoms with E-state index in [1.165, 1.54) is 11.3 Å². The van der Waals surface area contributed by atoms with E-state index in [2.05, 4.69) is 45.9 Å². The van der Waals surface area contributed by atoms with Gasteiger partial charge in [0.15, 0.2) is 0 Å². The number of hydrogen-bond donors (Lipinski definition) is 2. The molecule has 6 nitrogen and oxygen atoms in total. The van der Waals surface area contributed by atoms with Crippen molar-refractivity contribution in [2.45, 2.75) is 45.0 Å². The van der Waals surface area contributed by atoms with Crippen molar-refractivity contribution < 1.29 is 18.3 Å². The van der Waals surface area contributed by atoms with E-state index in [1.54, 1.807) is 18.3 Å². The van der Waals surface area contributed by atoms with Crippen LogP contribution in [0.5, 0.6) is 0 Å². The lowest BCUT2D eigenvalue weighted by Gasteiger charge is -2.51. The number of rotatable bonds is 4. The molecule has 2 aromatic heterocycles. The van der Waals surface area contributed by atoms with Crippen LogP contribution in [0.2, 0.25) is 0 Å². The minimum Gasteiger partial charge on any atom is -0.380 e.